The van der Waals surface area contributed by atoms with Crippen molar-refractivity contribution in [1.29, 1.82) is 0 Å². The van der Waals surface area contributed by atoms with Crippen molar-refractivity contribution in [2.24, 2.45) is 0 Å². The molecule has 2 atom stereocenters. The van der Waals surface area contributed by atoms with E-state index >= 15 is 0 Å². The van der Waals surface area contributed by atoms with Crippen molar-refractivity contribution in [3.05, 3.63) is 41.0 Å². The Balaban J connectivity index is 1.66. The van der Waals surface area contributed by atoms with E-state index in [1.165, 1.54) is 0 Å². The first-order valence-corrected chi connectivity index (χ1v) is 8.48. The lowest BCUT2D eigenvalue weighted by Gasteiger charge is -2.28. The minimum absolute atomic E-state index is 0.197. The second-order valence-corrected chi connectivity index (χ2v) is 6.57. The molecule has 1 aliphatic rings. The molecule has 3 rings (SSSR count). The zero-order chi connectivity index (χ0) is 17.1. The van der Waals surface area contributed by atoms with Crippen LogP contribution in [0.2, 0.25) is 5.02 Å². The second kappa shape index (κ2) is 7.23. The molecule has 0 saturated heterocycles. The molecule has 0 aliphatic heterocycles. The number of carbonyl (C=O) groups excluding carboxylic acids is 1. The number of aliphatic hydroxyl groups excluding tert-OH is 1. The van der Waals surface area contributed by atoms with E-state index in [1.54, 1.807) is 16.8 Å². The summed E-state index contributed by atoms with van der Waals surface area (Å²) in [6.07, 6.45) is 4.92. The normalized spacial score (nSPS) is 20.6. The predicted molar refractivity (Wildman–Crippen MR) is 93.7 cm³/mol. The number of aromatic nitrogens is 2. The largest absolute Gasteiger partial charge is 0.391 e. The van der Waals surface area contributed by atoms with Gasteiger partial charge in [0.25, 0.3) is 0 Å². The molecule has 2 amide bonds. The average molecular weight is 349 g/mol. The Morgan fingerprint density at radius 2 is 2.00 bits per heavy atom. The number of nitrogens with zero attached hydrogens (tertiary/aromatic N) is 2. The van der Waals surface area contributed by atoms with E-state index in [2.05, 4.69) is 15.7 Å². The van der Waals surface area contributed by atoms with Crippen LogP contribution in [0.1, 0.15) is 31.2 Å². The Hall–Kier alpha value is -2.05. The number of benzene rings is 1. The Morgan fingerprint density at radius 3 is 2.71 bits per heavy atom. The fraction of sp³-hybridized carbons (Fsp3) is 0.412. The zero-order valence-corrected chi connectivity index (χ0v) is 14.3. The van der Waals surface area contributed by atoms with Crippen molar-refractivity contribution in [3.63, 3.8) is 0 Å². The van der Waals surface area contributed by atoms with Gasteiger partial charge < -0.3 is 10.4 Å². The van der Waals surface area contributed by atoms with Gasteiger partial charge in [-0.25, -0.2) is 9.48 Å². The SMILES string of the molecule is Cc1cn(-c2ccc(Cl)cc2)nc1NC(=O)N[C@H]1CCCC[C@H]1O. The highest BCUT2D eigenvalue weighted by molar-refractivity contribution is 6.30. The van der Waals surface area contributed by atoms with Crippen LogP contribution in [-0.2, 0) is 0 Å². The molecule has 3 N–H and O–H groups in total. The Morgan fingerprint density at radius 1 is 1.29 bits per heavy atom. The fourth-order valence-electron chi connectivity index (χ4n) is 2.90. The lowest BCUT2D eigenvalue weighted by molar-refractivity contribution is 0.0955. The van der Waals surface area contributed by atoms with Crippen LogP contribution in [0.15, 0.2) is 30.5 Å². The molecule has 1 aliphatic carbocycles. The minimum Gasteiger partial charge on any atom is -0.391 e. The highest BCUT2D eigenvalue weighted by Crippen LogP contribution is 2.20. The maximum absolute atomic E-state index is 12.2. The molecule has 6 nitrogen and oxygen atoms in total. The molecule has 1 fully saturated rings. The predicted octanol–water partition coefficient (Wildman–Crippen LogP) is 3.26. The number of aryl methyl sites for hydroxylation is 1. The first-order valence-electron chi connectivity index (χ1n) is 8.11. The molecular weight excluding hydrogens is 328 g/mol. The fourth-order valence-corrected chi connectivity index (χ4v) is 3.03. The van der Waals surface area contributed by atoms with Gasteiger partial charge in [0.05, 0.1) is 17.8 Å². The van der Waals surface area contributed by atoms with Gasteiger partial charge in [-0.1, -0.05) is 24.4 Å². The number of hydrogen-bond acceptors (Lipinski definition) is 3. The highest BCUT2D eigenvalue weighted by atomic mass is 35.5. The summed E-state index contributed by atoms with van der Waals surface area (Å²) in [6.45, 7) is 1.88. The first kappa shape index (κ1) is 16.8. The van der Waals surface area contributed by atoms with Gasteiger partial charge in [0.15, 0.2) is 5.82 Å². The molecule has 2 aromatic rings. The van der Waals surface area contributed by atoms with Crippen molar-refractivity contribution in [2.45, 2.75) is 44.8 Å². The lowest BCUT2D eigenvalue weighted by Crippen LogP contribution is -2.46. The number of urea groups is 1. The molecule has 1 aromatic heterocycles. The topological polar surface area (TPSA) is 79.2 Å². The van der Waals surface area contributed by atoms with Crippen LogP contribution in [0.4, 0.5) is 10.6 Å². The minimum atomic E-state index is -0.475. The molecule has 1 heterocycles. The van der Waals surface area contributed by atoms with Crippen LogP contribution in [0.3, 0.4) is 0 Å². The molecule has 128 valence electrons. The molecule has 0 unspecified atom stereocenters. The zero-order valence-electron chi connectivity index (χ0n) is 13.5. The van der Waals surface area contributed by atoms with Gasteiger partial charge >= 0.3 is 6.03 Å². The summed E-state index contributed by atoms with van der Waals surface area (Å²) >= 11 is 5.89. The number of halogens is 1. The Kier molecular flexibility index (Phi) is 5.06. The summed E-state index contributed by atoms with van der Waals surface area (Å²) < 4.78 is 1.69. The van der Waals surface area contributed by atoms with E-state index in [-0.39, 0.29) is 12.1 Å². The van der Waals surface area contributed by atoms with E-state index in [9.17, 15) is 9.90 Å². The summed E-state index contributed by atoms with van der Waals surface area (Å²) in [5.41, 5.74) is 1.71. The van der Waals surface area contributed by atoms with E-state index < -0.39 is 6.10 Å². The summed E-state index contributed by atoms with van der Waals surface area (Å²) in [5.74, 6) is 0.493. The first-order chi connectivity index (χ1) is 11.5. The van der Waals surface area contributed by atoms with Gasteiger partial charge in [-0.05, 0) is 44.0 Å². The number of amides is 2. The van der Waals surface area contributed by atoms with Crippen molar-refractivity contribution >= 4 is 23.4 Å². The maximum Gasteiger partial charge on any atom is 0.320 e. The molecule has 0 radical (unpaired) electrons. The van der Waals surface area contributed by atoms with Crippen molar-refractivity contribution in [2.75, 3.05) is 5.32 Å². The molecule has 1 saturated carbocycles. The molecule has 24 heavy (non-hydrogen) atoms. The molecule has 1 aromatic carbocycles. The van der Waals surface area contributed by atoms with E-state index in [4.69, 9.17) is 11.6 Å². The van der Waals surface area contributed by atoms with E-state index in [1.807, 2.05) is 25.3 Å². The van der Waals surface area contributed by atoms with Crippen LogP contribution >= 0.6 is 11.6 Å². The second-order valence-electron chi connectivity index (χ2n) is 6.14. The lowest BCUT2D eigenvalue weighted by atomic mass is 9.93. The average Bonchev–Trinajstić information content (AvgIpc) is 2.91. The van der Waals surface area contributed by atoms with Gasteiger partial charge in [0.2, 0.25) is 0 Å². The van der Waals surface area contributed by atoms with E-state index in [0.717, 1.165) is 36.9 Å². The third-order valence-electron chi connectivity index (χ3n) is 4.27. The third-order valence-corrected chi connectivity index (χ3v) is 4.52. The monoisotopic (exact) mass is 348 g/mol. The smallest absolute Gasteiger partial charge is 0.320 e. The van der Waals surface area contributed by atoms with Gasteiger partial charge in [0, 0.05) is 16.8 Å². The number of rotatable bonds is 3. The van der Waals surface area contributed by atoms with Crippen LogP contribution in [0, 0.1) is 6.92 Å². The van der Waals surface area contributed by atoms with Gasteiger partial charge in [-0.2, -0.15) is 0 Å². The van der Waals surface area contributed by atoms with E-state index in [0.29, 0.717) is 10.8 Å². The van der Waals surface area contributed by atoms with Gasteiger partial charge in [-0.15, -0.1) is 5.10 Å². The highest BCUT2D eigenvalue weighted by Gasteiger charge is 2.24. The van der Waals surface area contributed by atoms with Crippen LogP contribution in [0.5, 0.6) is 0 Å². The molecule has 7 heteroatoms. The third kappa shape index (κ3) is 3.88. The number of anilines is 1. The summed E-state index contributed by atoms with van der Waals surface area (Å²) in [5, 5.41) is 20.6. The van der Waals surface area contributed by atoms with Gasteiger partial charge in [-0.3, -0.25) is 5.32 Å². The Labute approximate surface area is 145 Å². The number of aliphatic hydroxyl groups is 1. The van der Waals surface area contributed by atoms with Gasteiger partial charge in [0.1, 0.15) is 0 Å². The standard InChI is InChI=1S/C17H21ClN4O2/c1-11-10-22(13-8-6-12(18)7-9-13)21-16(11)20-17(24)19-14-4-2-3-5-15(14)23/h6-10,14-15,23H,2-5H2,1H3,(H2,19,20,21,24)/t14-,15+/m0/s1. The summed E-state index contributed by atoms with van der Waals surface area (Å²) in [4.78, 5) is 12.2. The molecule has 0 spiro atoms. The summed E-state index contributed by atoms with van der Waals surface area (Å²) in [7, 11) is 0. The molecule has 0 bridgehead atoms. The van der Waals surface area contributed by atoms with Crippen LogP contribution < -0.4 is 10.6 Å². The maximum atomic E-state index is 12.2. The van der Waals surface area contributed by atoms with Crippen LogP contribution in [0.25, 0.3) is 5.69 Å². The Bertz CT molecular complexity index is 714. The van der Waals surface area contributed by atoms with Crippen molar-refractivity contribution in [3.8, 4) is 5.69 Å². The van der Waals surface area contributed by atoms with Crippen molar-refractivity contribution in [1.82, 2.24) is 15.1 Å². The van der Waals surface area contributed by atoms with Crippen LogP contribution in [-0.4, -0.2) is 33.1 Å². The quantitative estimate of drug-likeness (QED) is 0.796. The summed E-state index contributed by atoms with van der Waals surface area (Å²) in [6, 6.07) is 6.76. The number of nitrogens with one attached hydrogen (secondary N) is 2. The van der Waals surface area contributed by atoms with Crippen molar-refractivity contribution < 1.29 is 9.90 Å². The molecular formula is C17H21ClN4O2. The number of hydrogen-bond donors (Lipinski definition) is 3. The number of carbonyl (C=O) groups is 1.